The summed E-state index contributed by atoms with van der Waals surface area (Å²) in [6.45, 7) is 9.88. The summed E-state index contributed by atoms with van der Waals surface area (Å²) >= 11 is 0. The summed E-state index contributed by atoms with van der Waals surface area (Å²) in [6, 6.07) is 21.7. The molecule has 0 spiro atoms. The fourth-order valence-electron chi connectivity index (χ4n) is 5.26. The zero-order valence-corrected chi connectivity index (χ0v) is 24.2. The van der Waals surface area contributed by atoms with Gasteiger partial charge in [0.15, 0.2) is 0 Å². The number of hydrogen-bond acceptors (Lipinski definition) is 2. The maximum absolute atomic E-state index is 7.00. The molecule has 0 unspecified atom stereocenters. The predicted octanol–water partition coefficient (Wildman–Crippen LogP) is 7.64. The highest BCUT2D eigenvalue weighted by Crippen LogP contribution is 2.38. The van der Waals surface area contributed by atoms with Crippen molar-refractivity contribution in [2.45, 2.75) is 116 Å². The molecular weight excluding hydrogens is 456 g/mol. The van der Waals surface area contributed by atoms with Crippen molar-refractivity contribution < 1.29 is 9.16 Å². The van der Waals surface area contributed by atoms with E-state index in [9.17, 15) is 0 Å². The third-order valence-corrected chi connectivity index (χ3v) is 12.4. The molecule has 0 amide bonds. The first kappa shape index (κ1) is 28.7. The maximum atomic E-state index is 7.00. The van der Waals surface area contributed by atoms with Crippen molar-refractivity contribution in [3.05, 3.63) is 60.7 Å². The molecule has 2 aromatic rings. The van der Waals surface area contributed by atoms with Crippen molar-refractivity contribution in [3.63, 3.8) is 0 Å². The van der Waals surface area contributed by atoms with Crippen LogP contribution >= 0.6 is 0 Å². The van der Waals surface area contributed by atoms with Gasteiger partial charge in [0.25, 0.3) is 8.32 Å². The molecular formula is C33H48O2Si. The van der Waals surface area contributed by atoms with Crippen LogP contribution in [0.15, 0.2) is 60.7 Å². The van der Waals surface area contributed by atoms with Gasteiger partial charge in [-0.15, -0.1) is 11.8 Å². The third-order valence-electron chi connectivity index (χ3n) is 7.40. The van der Waals surface area contributed by atoms with E-state index in [-0.39, 0.29) is 17.2 Å². The summed E-state index contributed by atoms with van der Waals surface area (Å²) in [4.78, 5) is 0. The van der Waals surface area contributed by atoms with Crippen LogP contribution in [0.1, 0.15) is 98.3 Å². The van der Waals surface area contributed by atoms with E-state index in [4.69, 9.17) is 9.16 Å². The van der Waals surface area contributed by atoms with E-state index in [1.54, 1.807) is 0 Å². The maximum Gasteiger partial charge on any atom is 0.261 e. The monoisotopic (exact) mass is 504 g/mol. The van der Waals surface area contributed by atoms with Crippen LogP contribution in [0.2, 0.25) is 5.04 Å². The molecule has 196 valence electrons. The Morgan fingerprint density at radius 2 is 1.25 bits per heavy atom. The van der Waals surface area contributed by atoms with Crippen molar-refractivity contribution in [2.75, 3.05) is 6.61 Å². The normalized spacial score (nSPS) is 17.4. The van der Waals surface area contributed by atoms with E-state index in [0.717, 1.165) is 12.8 Å². The largest absolute Gasteiger partial charge is 0.405 e. The number of hydrogen-bond donors (Lipinski definition) is 0. The van der Waals surface area contributed by atoms with Gasteiger partial charge in [-0.25, -0.2) is 0 Å². The molecule has 36 heavy (non-hydrogen) atoms. The van der Waals surface area contributed by atoms with Gasteiger partial charge in [-0.3, -0.25) is 0 Å². The fourth-order valence-corrected chi connectivity index (χ4v) is 9.83. The smallest absolute Gasteiger partial charge is 0.261 e. The van der Waals surface area contributed by atoms with Gasteiger partial charge in [-0.05, 0) is 21.8 Å². The summed E-state index contributed by atoms with van der Waals surface area (Å²) in [5.74, 6) is 6.76. The van der Waals surface area contributed by atoms with Crippen LogP contribution in [0, 0.1) is 11.8 Å². The minimum Gasteiger partial charge on any atom is -0.405 e. The SMILES string of the molecule is CCCCCCCCCCCC#CC[C@H]1O[C@H]1CO[Si](c1ccccc1)(c1ccccc1)C(C)(C)C. The van der Waals surface area contributed by atoms with Crippen LogP contribution in [0.3, 0.4) is 0 Å². The van der Waals surface area contributed by atoms with Gasteiger partial charge in [-0.1, -0.05) is 140 Å². The van der Waals surface area contributed by atoms with Gasteiger partial charge in [-0.2, -0.15) is 0 Å². The quantitative estimate of drug-likeness (QED) is 0.108. The number of unbranched alkanes of at least 4 members (excludes halogenated alkanes) is 9. The van der Waals surface area contributed by atoms with Gasteiger partial charge in [0.1, 0.15) is 6.10 Å². The minimum absolute atomic E-state index is 0.00456. The molecule has 1 saturated heterocycles. The molecule has 3 heteroatoms. The highest BCUT2D eigenvalue weighted by Gasteiger charge is 2.52. The first-order chi connectivity index (χ1) is 17.5. The van der Waals surface area contributed by atoms with Crippen LogP contribution in [-0.2, 0) is 9.16 Å². The Morgan fingerprint density at radius 3 is 1.78 bits per heavy atom. The second-order valence-electron chi connectivity index (χ2n) is 11.3. The number of benzene rings is 2. The molecule has 1 heterocycles. The van der Waals surface area contributed by atoms with E-state index in [1.165, 1.54) is 68.2 Å². The molecule has 0 aliphatic carbocycles. The Morgan fingerprint density at radius 1 is 0.722 bits per heavy atom. The zero-order valence-electron chi connectivity index (χ0n) is 23.2. The molecule has 0 aromatic heterocycles. The Labute approximate surface area is 222 Å². The van der Waals surface area contributed by atoms with Crippen LogP contribution < -0.4 is 10.4 Å². The van der Waals surface area contributed by atoms with E-state index < -0.39 is 8.32 Å². The minimum atomic E-state index is -2.49. The number of ether oxygens (including phenoxy) is 1. The molecule has 2 aromatic carbocycles. The number of rotatable bonds is 15. The molecule has 1 fully saturated rings. The van der Waals surface area contributed by atoms with Crippen LogP contribution in [0.5, 0.6) is 0 Å². The fraction of sp³-hybridized carbons (Fsp3) is 0.576. The summed E-state index contributed by atoms with van der Waals surface area (Å²) < 4.78 is 13.0. The zero-order chi connectivity index (χ0) is 25.7. The van der Waals surface area contributed by atoms with Gasteiger partial charge in [0.2, 0.25) is 0 Å². The average Bonchev–Trinajstić information content (AvgIpc) is 3.63. The van der Waals surface area contributed by atoms with Crippen LogP contribution in [-0.4, -0.2) is 27.1 Å². The summed E-state index contributed by atoms with van der Waals surface area (Å²) in [5.41, 5.74) is 0. The molecule has 0 N–H and O–H groups in total. The van der Waals surface area contributed by atoms with Gasteiger partial charge < -0.3 is 9.16 Å². The van der Waals surface area contributed by atoms with E-state index >= 15 is 0 Å². The van der Waals surface area contributed by atoms with Gasteiger partial charge in [0, 0.05) is 12.8 Å². The highest BCUT2D eigenvalue weighted by atomic mass is 28.4. The average molecular weight is 505 g/mol. The van der Waals surface area contributed by atoms with E-state index in [1.807, 2.05) is 0 Å². The first-order valence-corrected chi connectivity index (χ1v) is 16.3. The lowest BCUT2D eigenvalue weighted by Gasteiger charge is -2.43. The van der Waals surface area contributed by atoms with Crippen molar-refractivity contribution in [1.29, 1.82) is 0 Å². The lowest BCUT2D eigenvalue weighted by atomic mass is 10.1. The molecule has 1 aliphatic rings. The summed E-state index contributed by atoms with van der Waals surface area (Å²) in [5, 5.41) is 2.64. The highest BCUT2D eigenvalue weighted by molar-refractivity contribution is 6.99. The topological polar surface area (TPSA) is 21.8 Å². The van der Waals surface area contributed by atoms with Gasteiger partial charge >= 0.3 is 0 Å². The molecule has 0 radical (unpaired) electrons. The van der Waals surface area contributed by atoms with Crippen molar-refractivity contribution >= 4 is 18.7 Å². The van der Waals surface area contributed by atoms with E-state index in [0.29, 0.717) is 6.61 Å². The second-order valence-corrected chi connectivity index (χ2v) is 15.6. The van der Waals surface area contributed by atoms with Crippen LogP contribution in [0.25, 0.3) is 0 Å². The molecule has 1 aliphatic heterocycles. The predicted molar refractivity (Wildman–Crippen MR) is 156 cm³/mol. The summed E-state index contributed by atoms with van der Waals surface area (Å²) in [7, 11) is -2.49. The second kappa shape index (κ2) is 14.8. The Bertz CT molecular complexity index is 883. The van der Waals surface area contributed by atoms with E-state index in [2.05, 4.69) is 100 Å². The van der Waals surface area contributed by atoms with Crippen LogP contribution in [0.4, 0.5) is 0 Å². The molecule has 0 saturated carbocycles. The Kier molecular flexibility index (Phi) is 11.8. The lowest BCUT2D eigenvalue weighted by molar-refractivity contribution is 0.248. The summed E-state index contributed by atoms with van der Waals surface area (Å²) in [6.07, 6.45) is 14.5. The Balaban J connectivity index is 1.45. The standard InChI is InChI=1S/C33H48O2Si/c1-5-6-7-8-9-10-11-12-13-14-15-22-27-31-32(35-31)28-34-36(33(2,3)4,29-23-18-16-19-24-29)30-25-20-17-21-26-30/h16-21,23-26,31-32H,5-14,27-28H2,1-4H3/t31-,32+/m1/s1. The third kappa shape index (κ3) is 8.34. The lowest BCUT2D eigenvalue weighted by Crippen LogP contribution is -2.66. The van der Waals surface area contributed by atoms with Crippen molar-refractivity contribution in [3.8, 4) is 11.8 Å². The van der Waals surface area contributed by atoms with Gasteiger partial charge in [0.05, 0.1) is 12.7 Å². The molecule has 2 atom stereocenters. The first-order valence-electron chi connectivity index (χ1n) is 14.3. The number of epoxide rings is 1. The molecule has 2 nitrogen and oxygen atoms in total. The van der Waals surface area contributed by atoms with Crippen molar-refractivity contribution in [2.24, 2.45) is 0 Å². The molecule has 3 rings (SSSR count). The Hall–Kier alpha value is -1.86. The van der Waals surface area contributed by atoms with Crippen molar-refractivity contribution in [1.82, 2.24) is 0 Å². The molecule has 0 bridgehead atoms.